The predicted octanol–water partition coefficient (Wildman–Crippen LogP) is 1.42. The van der Waals surface area contributed by atoms with Crippen LogP contribution in [0.3, 0.4) is 0 Å². The third-order valence-corrected chi connectivity index (χ3v) is 5.01. The maximum atomic E-state index is 12.3. The highest BCUT2D eigenvalue weighted by Crippen LogP contribution is 2.49. The van der Waals surface area contributed by atoms with Crippen LogP contribution >= 0.6 is 9.39 Å². The average Bonchev–Trinajstić information content (AvgIpc) is 2.93. The number of hydrogen-bond acceptors (Lipinski definition) is 6. The van der Waals surface area contributed by atoms with E-state index in [1.165, 1.54) is 14.2 Å². The first-order chi connectivity index (χ1) is 10.8. The Labute approximate surface area is 138 Å². The summed E-state index contributed by atoms with van der Waals surface area (Å²) in [6.45, 7) is 4.58. The SMILES string of the molecule is COC(=O)C1(C(=O)OC)CC2=C(\C)CN(P)CC(=O)/C(C)=C\2C1. The molecule has 0 N–H and O–H groups in total. The molecule has 1 saturated carbocycles. The first kappa shape index (κ1) is 17.8. The highest BCUT2D eigenvalue weighted by atomic mass is 31.0. The Morgan fingerprint density at radius 3 is 2.09 bits per heavy atom. The summed E-state index contributed by atoms with van der Waals surface area (Å²) >= 11 is 0. The molecule has 0 radical (unpaired) electrons. The van der Waals surface area contributed by atoms with Gasteiger partial charge in [-0.25, -0.2) is 0 Å². The number of nitrogens with zero attached hydrogens (tertiary/aromatic N) is 1. The van der Waals surface area contributed by atoms with Gasteiger partial charge in [0.15, 0.2) is 11.2 Å². The second kappa shape index (κ2) is 6.54. The van der Waals surface area contributed by atoms with E-state index in [1.54, 1.807) is 6.92 Å². The van der Waals surface area contributed by atoms with Crippen LogP contribution in [-0.4, -0.2) is 49.7 Å². The fourth-order valence-electron chi connectivity index (χ4n) is 3.34. The van der Waals surface area contributed by atoms with E-state index in [9.17, 15) is 14.4 Å². The quantitative estimate of drug-likeness (QED) is 0.430. The monoisotopic (exact) mass is 339 g/mol. The number of rotatable bonds is 2. The molecule has 0 saturated heterocycles. The van der Waals surface area contributed by atoms with Gasteiger partial charge in [-0.2, -0.15) is 0 Å². The molecule has 2 rings (SSSR count). The molecule has 1 atom stereocenters. The molecular formula is C16H22NO5P. The lowest BCUT2D eigenvalue weighted by Gasteiger charge is -2.22. The summed E-state index contributed by atoms with van der Waals surface area (Å²) in [5, 5.41) is 0. The number of esters is 2. The van der Waals surface area contributed by atoms with Gasteiger partial charge >= 0.3 is 11.9 Å². The largest absolute Gasteiger partial charge is 0.468 e. The highest BCUT2D eigenvalue weighted by Gasteiger charge is 2.55. The topological polar surface area (TPSA) is 72.9 Å². The van der Waals surface area contributed by atoms with E-state index in [2.05, 4.69) is 9.39 Å². The van der Waals surface area contributed by atoms with E-state index in [1.807, 2.05) is 11.6 Å². The minimum Gasteiger partial charge on any atom is -0.468 e. The van der Waals surface area contributed by atoms with E-state index >= 15 is 0 Å². The van der Waals surface area contributed by atoms with E-state index in [4.69, 9.17) is 9.47 Å². The molecule has 0 bridgehead atoms. The summed E-state index contributed by atoms with van der Waals surface area (Å²) in [6.07, 6.45) is 0.351. The van der Waals surface area contributed by atoms with Crippen LogP contribution in [0.1, 0.15) is 26.7 Å². The molecule has 7 heteroatoms. The molecule has 0 aromatic carbocycles. The van der Waals surface area contributed by atoms with Gasteiger partial charge in [-0.05, 0) is 37.0 Å². The highest BCUT2D eigenvalue weighted by molar-refractivity contribution is 7.13. The maximum absolute atomic E-state index is 12.3. The standard InChI is InChI=1S/C16H22NO5P/c1-9-7-17(23)8-13(18)10(2)12-6-16(5-11(9)12,14(19)21-3)15(20)22-4/h5-8,23H2,1-4H3/b11-9-,12-10-. The molecule has 1 unspecified atom stereocenters. The average molecular weight is 339 g/mol. The van der Waals surface area contributed by atoms with Crippen LogP contribution < -0.4 is 0 Å². The summed E-state index contributed by atoms with van der Waals surface area (Å²) in [7, 11) is 5.05. The van der Waals surface area contributed by atoms with Crippen LogP contribution in [0, 0.1) is 5.41 Å². The van der Waals surface area contributed by atoms with Crippen LogP contribution in [0.15, 0.2) is 22.3 Å². The molecule has 1 fully saturated rings. The van der Waals surface area contributed by atoms with Crippen LogP contribution in [0.5, 0.6) is 0 Å². The van der Waals surface area contributed by atoms with Gasteiger partial charge < -0.3 is 9.47 Å². The Morgan fingerprint density at radius 1 is 1.04 bits per heavy atom. The van der Waals surface area contributed by atoms with Crippen molar-refractivity contribution < 1.29 is 23.9 Å². The van der Waals surface area contributed by atoms with Crippen molar-refractivity contribution in [1.29, 1.82) is 0 Å². The molecule has 1 heterocycles. The van der Waals surface area contributed by atoms with E-state index in [0.29, 0.717) is 12.1 Å². The molecule has 0 aromatic heterocycles. The van der Waals surface area contributed by atoms with Crippen molar-refractivity contribution in [1.82, 2.24) is 4.67 Å². The van der Waals surface area contributed by atoms with E-state index in [-0.39, 0.29) is 25.2 Å². The Kier molecular flexibility index (Phi) is 5.07. The van der Waals surface area contributed by atoms with E-state index in [0.717, 1.165) is 16.7 Å². The number of carbonyl (C=O) groups excluding carboxylic acids is 3. The van der Waals surface area contributed by atoms with Crippen molar-refractivity contribution >= 4 is 27.1 Å². The fourth-order valence-corrected chi connectivity index (χ4v) is 3.78. The number of carbonyl (C=O) groups is 3. The van der Waals surface area contributed by atoms with Gasteiger partial charge in [0.1, 0.15) is 0 Å². The third kappa shape index (κ3) is 2.98. The van der Waals surface area contributed by atoms with Crippen molar-refractivity contribution in [3.05, 3.63) is 22.3 Å². The first-order valence-corrected chi connectivity index (χ1v) is 7.87. The fraction of sp³-hybridized carbons (Fsp3) is 0.562. The second-order valence-corrected chi connectivity index (χ2v) is 6.84. The van der Waals surface area contributed by atoms with Crippen molar-refractivity contribution in [3.8, 4) is 0 Å². The Morgan fingerprint density at radius 2 is 1.57 bits per heavy atom. The van der Waals surface area contributed by atoms with Gasteiger partial charge in [-0.3, -0.25) is 19.1 Å². The normalized spacial score (nSPS) is 28.0. The summed E-state index contributed by atoms with van der Waals surface area (Å²) in [4.78, 5) is 37.0. The number of methoxy groups -OCH3 is 2. The second-order valence-electron chi connectivity index (χ2n) is 6.11. The summed E-state index contributed by atoms with van der Waals surface area (Å²) in [6, 6.07) is 0. The number of ether oxygens (including phenoxy) is 2. The molecule has 1 aliphatic heterocycles. The Bertz CT molecular complexity index is 618. The molecule has 0 spiro atoms. The zero-order valence-electron chi connectivity index (χ0n) is 13.9. The van der Waals surface area contributed by atoms with Crippen molar-refractivity contribution in [2.45, 2.75) is 26.7 Å². The number of fused-ring (bicyclic) bond motifs is 1. The van der Waals surface area contributed by atoms with Crippen LogP contribution in [0.2, 0.25) is 0 Å². The van der Waals surface area contributed by atoms with Crippen molar-refractivity contribution in [2.24, 2.45) is 5.41 Å². The van der Waals surface area contributed by atoms with Gasteiger partial charge in [-0.1, -0.05) is 15.0 Å². The number of Topliss-reactive ketones (excluding diaryl/α,β-unsaturated/α-hetero) is 1. The minimum absolute atomic E-state index is 0.00877. The molecular weight excluding hydrogens is 317 g/mol. The lowest BCUT2D eigenvalue weighted by molar-refractivity contribution is -0.168. The summed E-state index contributed by atoms with van der Waals surface area (Å²) < 4.78 is 11.6. The molecule has 6 nitrogen and oxygen atoms in total. The van der Waals surface area contributed by atoms with Gasteiger partial charge in [-0.15, -0.1) is 0 Å². The minimum atomic E-state index is -1.40. The Balaban J connectivity index is 2.63. The van der Waals surface area contributed by atoms with Crippen molar-refractivity contribution in [3.63, 3.8) is 0 Å². The van der Waals surface area contributed by atoms with Crippen LogP contribution in [0.4, 0.5) is 0 Å². The smallest absolute Gasteiger partial charge is 0.323 e. The first-order valence-electron chi connectivity index (χ1n) is 7.35. The van der Waals surface area contributed by atoms with Gasteiger partial charge in [0.05, 0.1) is 20.8 Å². The molecule has 1 aliphatic carbocycles. The Hall–Kier alpha value is -1.52. The van der Waals surface area contributed by atoms with Crippen LogP contribution in [0.25, 0.3) is 0 Å². The zero-order valence-corrected chi connectivity index (χ0v) is 15.0. The number of hydrogen-bond donors (Lipinski definition) is 0. The van der Waals surface area contributed by atoms with Gasteiger partial charge in [0.2, 0.25) is 0 Å². The summed E-state index contributed by atoms with van der Waals surface area (Å²) in [5.41, 5.74) is 1.91. The zero-order chi connectivity index (χ0) is 17.4. The summed E-state index contributed by atoms with van der Waals surface area (Å²) in [5.74, 6) is -1.25. The van der Waals surface area contributed by atoms with Crippen LogP contribution in [-0.2, 0) is 23.9 Å². The molecule has 0 aromatic rings. The lowest BCUT2D eigenvalue weighted by atomic mass is 9.85. The third-order valence-electron chi connectivity index (χ3n) is 4.65. The molecule has 0 amide bonds. The molecule has 2 aliphatic rings. The molecule has 23 heavy (non-hydrogen) atoms. The van der Waals surface area contributed by atoms with Gasteiger partial charge in [0, 0.05) is 13.0 Å². The maximum Gasteiger partial charge on any atom is 0.323 e. The van der Waals surface area contributed by atoms with Gasteiger partial charge in [0.25, 0.3) is 0 Å². The number of ketones is 1. The van der Waals surface area contributed by atoms with E-state index < -0.39 is 17.4 Å². The van der Waals surface area contributed by atoms with Crippen molar-refractivity contribution in [2.75, 3.05) is 27.3 Å². The lowest BCUT2D eigenvalue weighted by Crippen LogP contribution is -2.38. The number of allylic oxidation sites excluding steroid dienone is 2. The predicted molar refractivity (Wildman–Crippen MR) is 87.4 cm³/mol. The molecule has 126 valence electrons.